The largest absolute Gasteiger partial charge is 0.494 e. The first kappa shape index (κ1) is 12.4. The highest BCUT2D eigenvalue weighted by atomic mass is 32.2. The molecule has 94 valence electrons. The lowest BCUT2D eigenvalue weighted by Crippen LogP contribution is -2.37. The molecule has 0 radical (unpaired) electrons. The second-order valence-corrected chi connectivity index (χ2v) is 5.72. The van der Waals surface area contributed by atoms with Gasteiger partial charge in [-0.25, -0.2) is 4.39 Å². The number of nitrogens with zero attached hydrogens (tertiary/aromatic N) is 1. The van der Waals surface area contributed by atoms with Crippen molar-refractivity contribution in [2.75, 3.05) is 36.6 Å². The van der Waals surface area contributed by atoms with Crippen molar-refractivity contribution in [1.82, 2.24) is 0 Å². The first-order valence-corrected chi connectivity index (χ1v) is 6.66. The smallest absolute Gasteiger partial charge is 0.167 e. The van der Waals surface area contributed by atoms with Gasteiger partial charge >= 0.3 is 0 Å². The van der Waals surface area contributed by atoms with E-state index < -0.39 is 5.82 Å². The van der Waals surface area contributed by atoms with E-state index in [1.165, 1.54) is 13.2 Å². The summed E-state index contributed by atoms with van der Waals surface area (Å²) in [6.07, 6.45) is 0. The summed E-state index contributed by atoms with van der Waals surface area (Å²) in [4.78, 5) is 2.19. The van der Waals surface area contributed by atoms with Gasteiger partial charge in [0.15, 0.2) is 11.6 Å². The van der Waals surface area contributed by atoms with E-state index in [1.807, 2.05) is 11.8 Å². The maximum atomic E-state index is 13.4. The third-order valence-electron chi connectivity index (χ3n) is 2.88. The summed E-state index contributed by atoms with van der Waals surface area (Å²) in [5, 5.41) is 0.569. The van der Waals surface area contributed by atoms with Crippen LogP contribution in [0.3, 0.4) is 0 Å². The van der Waals surface area contributed by atoms with Crippen LogP contribution < -0.4 is 15.4 Å². The van der Waals surface area contributed by atoms with E-state index in [2.05, 4.69) is 11.8 Å². The van der Waals surface area contributed by atoms with E-state index in [4.69, 9.17) is 10.5 Å². The van der Waals surface area contributed by atoms with Crippen LogP contribution in [0, 0.1) is 5.82 Å². The Morgan fingerprint density at radius 3 is 2.94 bits per heavy atom. The summed E-state index contributed by atoms with van der Waals surface area (Å²) in [6, 6.07) is 3.02. The lowest BCUT2D eigenvalue weighted by Gasteiger charge is -2.33. The number of nitrogen functional groups attached to an aromatic ring is 1. The van der Waals surface area contributed by atoms with Gasteiger partial charge in [-0.2, -0.15) is 11.8 Å². The number of halogens is 1. The molecule has 1 fully saturated rings. The Bertz CT molecular complexity index is 414. The van der Waals surface area contributed by atoms with Crippen molar-refractivity contribution in [3.05, 3.63) is 17.9 Å². The standard InChI is InChI=1S/C12H17FN2OS/c1-8-7-15(3-4-17-8)11-6-12(16-2)9(13)5-10(11)14/h5-6,8H,3-4,7,14H2,1-2H3. The molecule has 1 atom stereocenters. The Morgan fingerprint density at radius 1 is 1.53 bits per heavy atom. The molecular formula is C12H17FN2OS. The maximum Gasteiger partial charge on any atom is 0.167 e. The Kier molecular flexibility index (Phi) is 3.66. The zero-order valence-corrected chi connectivity index (χ0v) is 10.9. The number of ether oxygens (including phenoxy) is 1. The SMILES string of the molecule is COc1cc(N2CCSC(C)C2)c(N)cc1F. The van der Waals surface area contributed by atoms with E-state index >= 15 is 0 Å². The van der Waals surface area contributed by atoms with Crippen LogP contribution >= 0.6 is 11.8 Å². The number of hydrogen-bond acceptors (Lipinski definition) is 4. The molecule has 3 nitrogen and oxygen atoms in total. The van der Waals surface area contributed by atoms with Gasteiger partial charge in [-0.15, -0.1) is 0 Å². The average Bonchev–Trinajstić information content (AvgIpc) is 2.29. The predicted molar refractivity (Wildman–Crippen MR) is 71.5 cm³/mol. The molecular weight excluding hydrogens is 239 g/mol. The summed E-state index contributed by atoms with van der Waals surface area (Å²) in [7, 11) is 1.47. The zero-order chi connectivity index (χ0) is 12.4. The number of nitrogens with two attached hydrogens (primary N) is 1. The van der Waals surface area contributed by atoms with Crippen molar-refractivity contribution in [3.63, 3.8) is 0 Å². The van der Waals surface area contributed by atoms with Gasteiger partial charge in [0.25, 0.3) is 0 Å². The lowest BCUT2D eigenvalue weighted by molar-refractivity contribution is 0.386. The molecule has 0 saturated carbocycles. The Labute approximate surface area is 105 Å². The average molecular weight is 256 g/mol. The minimum Gasteiger partial charge on any atom is -0.494 e. The molecule has 0 aliphatic carbocycles. The molecule has 1 aliphatic heterocycles. The van der Waals surface area contributed by atoms with Crippen molar-refractivity contribution >= 4 is 23.1 Å². The summed E-state index contributed by atoms with van der Waals surface area (Å²) in [5.41, 5.74) is 7.22. The van der Waals surface area contributed by atoms with Gasteiger partial charge in [-0.05, 0) is 0 Å². The minimum absolute atomic E-state index is 0.250. The van der Waals surface area contributed by atoms with Crippen molar-refractivity contribution < 1.29 is 9.13 Å². The third kappa shape index (κ3) is 2.60. The van der Waals surface area contributed by atoms with Crippen molar-refractivity contribution in [2.45, 2.75) is 12.2 Å². The van der Waals surface area contributed by atoms with Crippen LogP contribution in [0.1, 0.15) is 6.92 Å². The number of methoxy groups -OCH3 is 1. The molecule has 0 amide bonds. The van der Waals surface area contributed by atoms with Gasteiger partial charge in [0.2, 0.25) is 0 Å². The Morgan fingerprint density at radius 2 is 2.29 bits per heavy atom. The summed E-state index contributed by atoms with van der Waals surface area (Å²) < 4.78 is 18.4. The number of benzene rings is 1. The van der Waals surface area contributed by atoms with Crippen molar-refractivity contribution in [2.24, 2.45) is 0 Å². The molecule has 1 aromatic rings. The maximum absolute atomic E-state index is 13.4. The fourth-order valence-corrected chi connectivity index (χ4v) is 3.04. The van der Waals surface area contributed by atoms with E-state index in [0.29, 0.717) is 10.9 Å². The Hall–Kier alpha value is -1.10. The van der Waals surface area contributed by atoms with E-state index in [1.54, 1.807) is 6.07 Å². The second kappa shape index (κ2) is 5.04. The van der Waals surface area contributed by atoms with E-state index in [-0.39, 0.29) is 5.75 Å². The molecule has 1 unspecified atom stereocenters. The highest BCUT2D eigenvalue weighted by molar-refractivity contribution is 8.00. The first-order chi connectivity index (χ1) is 8.11. The molecule has 1 aliphatic rings. The highest BCUT2D eigenvalue weighted by Gasteiger charge is 2.20. The van der Waals surface area contributed by atoms with Gasteiger partial charge in [0, 0.05) is 36.2 Å². The number of thioether (sulfide) groups is 1. The van der Waals surface area contributed by atoms with Crippen LogP contribution in [0.2, 0.25) is 0 Å². The Balaban J connectivity index is 2.30. The molecule has 0 spiro atoms. The quantitative estimate of drug-likeness (QED) is 0.824. The molecule has 5 heteroatoms. The fourth-order valence-electron chi connectivity index (χ4n) is 2.03. The number of hydrogen-bond donors (Lipinski definition) is 1. The topological polar surface area (TPSA) is 38.5 Å². The van der Waals surface area contributed by atoms with Gasteiger partial charge in [-0.3, -0.25) is 0 Å². The molecule has 1 heterocycles. The van der Waals surface area contributed by atoms with Crippen LogP contribution in [0.4, 0.5) is 15.8 Å². The van der Waals surface area contributed by atoms with Crippen LogP contribution in [0.25, 0.3) is 0 Å². The lowest BCUT2D eigenvalue weighted by atomic mass is 10.2. The summed E-state index contributed by atoms with van der Waals surface area (Å²) in [5.74, 6) is 0.911. The van der Waals surface area contributed by atoms with Crippen LogP contribution in [0.5, 0.6) is 5.75 Å². The molecule has 2 rings (SSSR count). The van der Waals surface area contributed by atoms with Gasteiger partial charge in [0.05, 0.1) is 18.5 Å². The van der Waals surface area contributed by atoms with Crippen molar-refractivity contribution in [1.29, 1.82) is 0 Å². The van der Waals surface area contributed by atoms with Crippen LogP contribution in [0.15, 0.2) is 12.1 Å². The second-order valence-electron chi connectivity index (χ2n) is 4.17. The zero-order valence-electron chi connectivity index (χ0n) is 10.1. The van der Waals surface area contributed by atoms with Gasteiger partial charge in [-0.1, -0.05) is 6.92 Å². The molecule has 1 aromatic carbocycles. The van der Waals surface area contributed by atoms with E-state index in [9.17, 15) is 4.39 Å². The van der Waals surface area contributed by atoms with Gasteiger partial charge < -0.3 is 15.4 Å². The third-order valence-corrected chi connectivity index (χ3v) is 4.02. The van der Waals surface area contributed by atoms with Gasteiger partial charge in [0.1, 0.15) is 0 Å². The van der Waals surface area contributed by atoms with E-state index in [0.717, 1.165) is 24.5 Å². The predicted octanol–water partition coefficient (Wildman–Crippen LogP) is 2.36. The van der Waals surface area contributed by atoms with Crippen LogP contribution in [-0.4, -0.2) is 31.2 Å². The summed E-state index contributed by atoms with van der Waals surface area (Å²) >= 11 is 1.95. The normalized spacial score (nSPS) is 20.4. The molecule has 2 N–H and O–H groups in total. The molecule has 0 aromatic heterocycles. The minimum atomic E-state index is -0.409. The summed E-state index contributed by atoms with van der Waals surface area (Å²) in [6.45, 7) is 4.06. The van der Waals surface area contributed by atoms with Crippen molar-refractivity contribution in [3.8, 4) is 5.75 Å². The van der Waals surface area contributed by atoms with Crippen LogP contribution in [-0.2, 0) is 0 Å². The number of anilines is 2. The highest BCUT2D eigenvalue weighted by Crippen LogP contribution is 2.33. The number of rotatable bonds is 2. The molecule has 17 heavy (non-hydrogen) atoms. The first-order valence-electron chi connectivity index (χ1n) is 5.61. The molecule has 1 saturated heterocycles. The fraction of sp³-hybridized carbons (Fsp3) is 0.500. The molecule has 0 bridgehead atoms. The monoisotopic (exact) mass is 256 g/mol.